The molecule has 10 heteroatoms. The topological polar surface area (TPSA) is 105 Å². The van der Waals surface area contributed by atoms with Gasteiger partial charge in [-0.1, -0.05) is 11.6 Å². The summed E-state index contributed by atoms with van der Waals surface area (Å²) in [6.07, 6.45) is 6.57. The van der Waals surface area contributed by atoms with Crippen molar-refractivity contribution in [3.63, 3.8) is 0 Å². The molecule has 3 N–H and O–H groups in total. The summed E-state index contributed by atoms with van der Waals surface area (Å²) in [6.45, 7) is 2.02. The van der Waals surface area contributed by atoms with Crippen molar-refractivity contribution in [3.05, 3.63) is 41.9 Å². The Kier molecular flexibility index (Phi) is 5.07. The minimum atomic E-state index is -0.784. The van der Waals surface area contributed by atoms with Gasteiger partial charge in [-0.15, -0.1) is 0 Å². The number of fused-ring (bicyclic) bond motifs is 1. The van der Waals surface area contributed by atoms with E-state index in [0.717, 1.165) is 16.5 Å². The van der Waals surface area contributed by atoms with Gasteiger partial charge in [-0.3, -0.25) is 4.68 Å². The molecule has 5 rings (SSSR count). The van der Waals surface area contributed by atoms with Crippen LogP contribution in [0.2, 0.25) is 5.02 Å². The van der Waals surface area contributed by atoms with Crippen molar-refractivity contribution in [1.82, 2.24) is 29.7 Å². The van der Waals surface area contributed by atoms with Gasteiger partial charge < -0.3 is 15.4 Å². The first kappa shape index (κ1) is 19.9. The second kappa shape index (κ2) is 7.90. The zero-order valence-corrected chi connectivity index (χ0v) is 17.5. The van der Waals surface area contributed by atoms with Crippen molar-refractivity contribution in [2.45, 2.75) is 38.1 Å². The fourth-order valence-electron chi connectivity index (χ4n) is 3.65. The number of anilines is 1. The van der Waals surface area contributed by atoms with Gasteiger partial charge in [0.05, 0.1) is 22.9 Å². The molecule has 1 saturated carbocycles. The van der Waals surface area contributed by atoms with Crippen LogP contribution >= 0.6 is 11.6 Å². The molecule has 8 nitrogen and oxygen atoms in total. The van der Waals surface area contributed by atoms with E-state index in [1.807, 2.05) is 16.9 Å². The van der Waals surface area contributed by atoms with Gasteiger partial charge in [-0.2, -0.15) is 5.10 Å². The molecule has 0 bridgehead atoms. The average molecular weight is 442 g/mol. The molecule has 4 heterocycles. The van der Waals surface area contributed by atoms with Crippen LogP contribution in [0.1, 0.15) is 25.8 Å². The number of nitrogens with zero attached hydrogens (tertiary/aromatic N) is 5. The predicted molar refractivity (Wildman–Crippen MR) is 117 cm³/mol. The van der Waals surface area contributed by atoms with Crippen molar-refractivity contribution in [3.8, 4) is 22.5 Å². The van der Waals surface area contributed by atoms with Crippen molar-refractivity contribution in [1.29, 1.82) is 0 Å². The molecule has 1 aliphatic rings. The Hall–Kier alpha value is -3.04. The van der Waals surface area contributed by atoms with E-state index in [-0.39, 0.29) is 6.04 Å². The number of aromatic amines is 1. The Bertz CT molecular complexity index is 1230. The van der Waals surface area contributed by atoms with Crippen molar-refractivity contribution in [2.24, 2.45) is 0 Å². The third-order valence-corrected chi connectivity index (χ3v) is 5.72. The highest BCUT2D eigenvalue weighted by Crippen LogP contribution is 2.38. The summed E-state index contributed by atoms with van der Waals surface area (Å²) in [5.74, 6) is 0.409. The lowest BCUT2D eigenvalue weighted by atomic mass is 9.91. The van der Waals surface area contributed by atoms with Gasteiger partial charge in [0.1, 0.15) is 17.5 Å². The van der Waals surface area contributed by atoms with Crippen molar-refractivity contribution >= 4 is 28.6 Å². The summed E-state index contributed by atoms with van der Waals surface area (Å²) in [6, 6.07) is 3.75. The Morgan fingerprint density at radius 2 is 2.23 bits per heavy atom. The summed E-state index contributed by atoms with van der Waals surface area (Å²) in [4.78, 5) is 16.3. The molecule has 0 amide bonds. The smallest absolute Gasteiger partial charge is 0.223 e. The summed E-state index contributed by atoms with van der Waals surface area (Å²) < 4.78 is 15.3. The molecule has 0 spiro atoms. The van der Waals surface area contributed by atoms with E-state index >= 15 is 0 Å². The minimum absolute atomic E-state index is 0.0182. The van der Waals surface area contributed by atoms with E-state index in [4.69, 9.17) is 16.7 Å². The highest BCUT2D eigenvalue weighted by molar-refractivity contribution is 6.35. The standard InChI is InChI=1S/C21H21ClFN7O/c1-11(31)7-27-21-24-3-2-18(28-21)16-10-30(14-5-13(23)6-14)29-19(16)12-4-15-17(22)9-26-20(15)25-8-12/h2-4,8-11,13-14,31H,5-7H2,1H3,(H,25,26)(H,24,27,28)/t11-,13-,14-/m0/s1. The molecule has 31 heavy (non-hydrogen) atoms. The second-order valence-electron chi connectivity index (χ2n) is 7.85. The fourth-order valence-corrected chi connectivity index (χ4v) is 3.85. The molecule has 160 valence electrons. The lowest BCUT2D eigenvalue weighted by Gasteiger charge is -2.29. The van der Waals surface area contributed by atoms with Crippen LogP contribution < -0.4 is 5.32 Å². The minimum Gasteiger partial charge on any atom is -0.392 e. The van der Waals surface area contributed by atoms with Crippen LogP contribution in [-0.2, 0) is 0 Å². The number of halogens is 2. The Morgan fingerprint density at radius 1 is 1.39 bits per heavy atom. The molecule has 0 aliphatic heterocycles. The predicted octanol–water partition coefficient (Wildman–Crippen LogP) is 4.00. The van der Waals surface area contributed by atoms with Crippen LogP contribution in [0.15, 0.2) is 36.9 Å². The summed E-state index contributed by atoms with van der Waals surface area (Å²) in [5, 5.41) is 18.7. The molecule has 4 aromatic rings. The van der Waals surface area contributed by atoms with Gasteiger partial charge in [0.25, 0.3) is 0 Å². The van der Waals surface area contributed by atoms with E-state index in [0.29, 0.717) is 47.4 Å². The highest BCUT2D eigenvalue weighted by atomic mass is 35.5. The highest BCUT2D eigenvalue weighted by Gasteiger charge is 2.32. The van der Waals surface area contributed by atoms with E-state index in [1.165, 1.54) is 0 Å². The van der Waals surface area contributed by atoms with E-state index in [9.17, 15) is 9.50 Å². The maximum atomic E-state index is 13.5. The SMILES string of the molecule is C[C@H](O)CNc1nccc(-c2cn([C@H]3C[C@H](F)C3)nc2-c2cnc3[nH]cc(Cl)c3c2)n1. The summed E-state index contributed by atoms with van der Waals surface area (Å²) in [7, 11) is 0. The maximum Gasteiger partial charge on any atom is 0.223 e. The third kappa shape index (κ3) is 3.86. The molecule has 0 unspecified atom stereocenters. The van der Waals surface area contributed by atoms with Gasteiger partial charge in [-0.05, 0) is 19.1 Å². The van der Waals surface area contributed by atoms with Gasteiger partial charge in [0.15, 0.2) is 0 Å². The molecule has 1 atom stereocenters. The molecule has 0 radical (unpaired) electrons. The van der Waals surface area contributed by atoms with Gasteiger partial charge in [-0.25, -0.2) is 19.3 Å². The fraction of sp³-hybridized carbons (Fsp3) is 0.333. The molecule has 4 aromatic heterocycles. The largest absolute Gasteiger partial charge is 0.392 e. The number of alkyl halides is 1. The molecule has 0 saturated heterocycles. The number of rotatable bonds is 6. The Labute approximate surface area is 182 Å². The van der Waals surface area contributed by atoms with Crippen LogP contribution in [0.3, 0.4) is 0 Å². The van der Waals surface area contributed by atoms with Crippen LogP contribution in [-0.4, -0.2) is 53.6 Å². The van der Waals surface area contributed by atoms with Crippen LogP contribution in [0.4, 0.5) is 10.3 Å². The number of hydrogen-bond acceptors (Lipinski definition) is 6. The monoisotopic (exact) mass is 441 g/mol. The number of nitrogens with one attached hydrogen (secondary N) is 2. The van der Waals surface area contributed by atoms with Gasteiger partial charge in [0.2, 0.25) is 5.95 Å². The first-order chi connectivity index (χ1) is 15.0. The number of pyridine rings is 1. The average Bonchev–Trinajstić information content (AvgIpc) is 3.34. The summed E-state index contributed by atoms with van der Waals surface area (Å²) in [5.41, 5.74) is 3.63. The van der Waals surface area contributed by atoms with E-state index < -0.39 is 12.3 Å². The first-order valence-electron chi connectivity index (χ1n) is 10.1. The number of aliphatic hydroxyl groups excluding tert-OH is 1. The molecule has 1 fully saturated rings. The zero-order chi connectivity index (χ0) is 21.5. The quantitative estimate of drug-likeness (QED) is 0.417. The van der Waals surface area contributed by atoms with Crippen LogP contribution in [0, 0.1) is 0 Å². The Morgan fingerprint density at radius 3 is 3.00 bits per heavy atom. The van der Waals surface area contributed by atoms with Crippen LogP contribution in [0.25, 0.3) is 33.5 Å². The second-order valence-corrected chi connectivity index (χ2v) is 8.25. The lowest BCUT2D eigenvalue weighted by molar-refractivity contribution is 0.128. The molecular weight excluding hydrogens is 421 g/mol. The third-order valence-electron chi connectivity index (χ3n) is 5.40. The molecule has 1 aliphatic carbocycles. The van der Waals surface area contributed by atoms with Crippen molar-refractivity contribution < 1.29 is 9.50 Å². The normalized spacial score (nSPS) is 19.4. The summed E-state index contributed by atoms with van der Waals surface area (Å²) >= 11 is 6.29. The Balaban J connectivity index is 1.58. The molecular formula is C21H21ClFN7O. The van der Waals surface area contributed by atoms with E-state index in [2.05, 4.69) is 25.3 Å². The zero-order valence-electron chi connectivity index (χ0n) is 16.8. The van der Waals surface area contributed by atoms with Gasteiger partial charge in [0, 0.05) is 60.7 Å². The molecule has 0 aromatic carbocycles. The number of hydrogen-bond donors (Lipinski definition) is 3. The number of aliphatic hydroxyl groups is 1. The first-order valence-corrected chi connectivity index (χ1v) is 10.5. The maximum absolute atomic E-state index is 13.5. The van der Waals surface area contributed by atoms with E-state index in [1.54, 1.807) is 31.6 Å². The number of aromatic nitrogens is 6. The van der Waals surface area contributed by atoms with Gasteiger partial charge >= 0.3 is 0 Å². The van der Waals surface area contributed by atoms with Crippen LogP contribution in [0.5, 0.6) is 0 Å². The number of H-pyrrole nitrogens is 1. The lowest BCUT2D eigenvalue weighted by Crippen LogP contribution is -2.28. The van der Waals surface area contributed by atoms with Crippen molar-refractivity contribution in [2.75, 3.05) is 11.9 Å².